The molecule has 0 spiro atoms. The summed E-state index contributed by atoms with van der Waals surface area (Å²) in [6.07, 6.45) is 0.0261. The number of halogens is 1. The Bertz CT molecular complexity index is 731. The van der Waals surface area contributed by atoms with Crippen molar-refractivity contribution in [1.82, 2.24) is 4.90 Å². The Labute approximate surface area is 159 Å². The van der Waals surface area contributed by atoms with Crippen LogP contribution < -0.4 is 14.2 Å². The van der Waals surface area contributed by atoms with Crippen molar-refractivity contribution in [3.8, 4) is 17.2 Å². The Balaban J connectivity index is 1.95. The highest BCUT2D eigenvalue weighted by Gasteiger charge is 2.15. The van der Waals surface area contributed by atoms with E-state index in [-0.39, 0.29) is 12.0 Å². The summed E-state index contributed by atoms with van der Waals surface area (Å²) in [5.74, 6) is 1.76. The summed E-state index contributed by atoms with van der Waals surface area (Å²) in [5.41, 5.74) is 0.534. The SMILES string of the molecule is COc1cc(C(=O)N(C)CCOc2ccc(Cl)cc2)ccc1OC(C)C. The molecule has 1 amide bonds. The van der Waals surface area contributed by atoms with Gasteiger partial charge in [-0.2, -0.15) is 0 Å². The maximum Gasteiger partial charge on any atom is 0.253 e. The molecule has 0 saturated carbocycles. The molecule has 0 saturated heterocycles. The van der Waals surface area contributed by atoms with Gasteiger partial charge in [-0.15, -0.1) is 0 Å². The molecular formula is C20H24ClNO4. The molecule has 0 aliphatic heterocycles. The van der Waals surface area contributed by atoms with Crippen molar-refractivity contribution in [1.29, 1.82) is 0 Å². The molecule has 0 aromatic heterocycles. The van der Waals surface area contributed by atoms with Crippen molar-refractivity contribution < 1.29 is 19.0 Å². The summed E-state index contributed by atoms with van der Waals surface area (Å²) in [5, 5.41) is 0.656. The number of methoxy groups -OCH3 is 1. The Morgan fingerprint density at radius 2 is 1.81 bits per heavy atom. The highest BCUT2D eigenvalue weighted by Crippen LogP contribution is 2.29. The second-order valence-corrected chi connectivity index (χ2v) is 6.50. The molecule has 0 aliphatic rings. The second kappa shape index (κ2) is 9.34. The van der Waals surface area contributed by atoms with Crippen LogP contribution in [0, 0.1) is 0 Å². The van der Waals surface area contributed by atoms with Crippen molar-refractivity contribution in [3.05, 3.63) is 53.1 Å². The molecule has 0 radical (unpaired) electrons. The fourth-order valence-electron chi connectivity index (χ4n) is 2.31. The van der Waals surface area contributed by atoms with Crippen LogP contribution in [0.2, 0.25) is 5.02 Å². The minimum atomic E-state index is -0.112. The Hall–Kier alpha value is -2.40. The average molecular weight is 378 g/mol. The summed E-state index contributed by atoms with van der Waals surface area (Å²) < 4.78 is 16.6. The molecule has 0 atom stereocenters. The standard InChI is InChI=1S/C20H24ClNO4/c1-14(2)26-18-10-5-15(13-19(18)24-4)20(23)22(3)11-12-25-17-8-6-16(21)7-9-17/h5-10,13-14H,11-12H2,1-4H3. The first-order chi connectivity index (χ1) is 12.4. The van der Waals surface area contributed by atoms with E-state index in [0.717, 1.165) is 0 Å². The van der Waals surface area contributed by atoms with Crippen LogP contribution in [-0.2, 0) is 0 Å². The van der Waals surface area contributed by atoms with Crippen molar-refractivity contribution >= 4 is 17.5 Å². The Morgan fingerprint density at radius 3 is 2.42 bits per heavy atom. The lowest BCUT2D eigenvalue weighted by Gasteiger charge is -2.19. The van der Waals surface area contributed by atoms with Gasteiger partial charge < -0.3 is 19.1 Å². The van der Waals surface area contributed by atoms with Gasteiger partial charge in [-0.3, -0.25) is 4.79 Å². The van der Waals surface area contributed by atoms with Crippen LogP contribution in [0.4, 0.5) is 0 Å². The van der Waals surface area contributed by atoms with Crippen LogP contribution in [-0.4, -0.2) is 44.2 Å². The number of benzene rings is 2. The third kappa shape index (κ3) is 5.56. The van der Waals surface area contributed by atoms with E-state index in [2.05, 4.69) is 0 Å². The number of carbonyl (C=O) groups is 1. The van der Waals surface area contributed by atoms with E-state index >= 15 is 0 Å². The highest BCUT2D eigenvalue weighted by atomic mass is 35.5. The summed E-state index contributed by atoms with van der Waals surface area (Å²) in [4.78, 5) is 14.2. The molecule has 140 valence electrons. The Morgan fingerprint density at radius 1 is 1.12 bits per heavy atom. The predicted octanol–water partition coefficient (Wildman–Crippen LogP) is 4.29. The van der Waals surface area contributed by atoms with Gasteiger partial charge in [0.25, 0.3) is 5.91 Å². The van der Waals surface area contributed by atoms with Crippen molar-refractivity contribution in [3.63, 3.8) is 0 Å². The van der Waals surface area contributed by atoms with Gasteiger partial charge in [-0.05, 0) is 56.3 Å². The van der Waals surface area contributed by atoms with E-state index in [9.17, 15) is 4.79 Å². The van der Waals surface area contributed by atoms with E-state index in [0.29, 0.717) is 41.0 Å². The first-order valence-corrected chi connectivity index (χ1v) is 8.77. The fraction of sp³-hybridized carbons (Fsp3) is 0.350. The Kier molecular flexibility index (Phi) is 7.16. The van der Waals surface area contributed by atoms with E-state index in [1.165, 1.54) is 0 Å². The number of hydrogen-bond donors (Lipinski definition) is 0. The average Bonchev–Trinajstić information content (AvgIpc) is 2.62. The third-order valence-corrected chi connectivity index (χ3v) is 3.88. The zero-order valence-corrected chi connectivity index (χ0v) is 16.2. The lowest BCUT2D eigenvalue weighted by molar-refractivity contribution is 0.0773. The monoisotopic (exact) mass is 377 g/mol. The lowest BCUT2D eigenvalue weighted by Crippen LogP contribution is -2.30. The molecule has 2 aromatic rings. The first kappa shape index (κ1) is 19.9. The van der Waals surface area contributed by atoms with E-state index in [1.54, 1.807) is 61.5 Å². The molecule has 0 N–H and O–H groups in total. The zero-order chi connectivity index (χ0) is 19.1. The van der Waals surface area contributed by atoms with E-state index in [1.807, 2.05) is 13.8 Å². The van der Waals surface area contributed by atoms with Crippen molar-refractivity contribution in [2.24, 2.45) is 0 Å². The number of nitrogens with zero attached hydrogens (tertiary/aromatic N) is 1. The smallest absolute Gasteiger partial charge is 0.253 e. The zero-order valence-electron chi connectivity index (χ0n) is 15.5. The molecule has 2 rings (SSSR count). The van der Waals surface area contributed by atoms with E-state index in [4.69, 9.17) is 25.8 Å². The molecular weight excluding hydrogens is 354 g/mol. The molecule has 0 fully saturated rings. The van der Waals surface area contributed by atoms with Crippen LogP contribution >= 0.6 is 11.6 Å². The van der Waals surface area contributed by atoms with Gasteiger partial charge in [0.2, 0.25) is 0 Å². The lowest BCUT2D eigenvalue weighted by atomic mass is 10.1. The van der Waals surface area contributed by atoms with Gasteiger partial charge in [0, 0.05) is 17.6 Å². The predicted molar refractivity (Wildman–Crippen MR) is 103 cm³/mol. The van der Waals surface area contributed by atoms with Crippen molar-refractivity contribution in [2.75, 3.05) is 27.3 Å². The topological polar surface area (TPSA) is 48.0 Å². The quantitative estimate of drug-likeness (QED) is 0.688. The van der Waals surface area contributed by atoms with Crippen molar-refractivity contribution in [2.45, 2.75) is 20.0 Å². The van der Waals surface area contributed by atoms with Gasteiger partial charge in [-0.1, -0.05) is 11.6 Å². The molecule has 26 heavy (non-hydrogen) atoms. The largest absolute Gasteiger partial charge is 0.493 e. The first-order valence-electron chi connectivity index (χ1n) is 8.39. The van der Waals surface area contributed by atoms with Crippen LogP contribution in [0.5, 0.6) is 17.2 Å². The maximum atomic E-state index is 12.6. The van der Waals surface area contributed by atoms with Gasteiger partial charge in [0.15, 0.2) is 11.5 Å². The summed E-state index contributed by atoms with van der Waals surface area (Å²) in [6, 6.07) is 12.3. The van der Waals surface area contributed by atoms with Gasteiger partial charge in [0.05, 0.1) is 19.8 Å². The number of carbonyl (C=O) groups excluding carboxylic acids is 1. The van der Waals surface area contributed by atoms with Gasteiger partial charge in [-0.25, -0.2) is 0 Å². The van der Waals surface area contributed by atoms with Gasteiger partial charge in [0.1, 0.15) is 12.4 Å². The molecule has 0 unspecified atom stereocenters. The minimum absolute atomic E-state index is 0.0261. The maximum absolute atomic E-state index is 12.6. The normalized spacial score (nSPS) is 10.5. The van der Waals surface area contributed by atoms with Crippen LogP contribution in [0.15, 0.2) is 42.5 Å². The third-order valence-electron chi connectivity index (χ3n) is 3.63. The molecule has 2 aromatic carbocycles. The van der Waals surface area contributed by atoms with Crippen LogP contribution in [0.25, 0.3) is 0 Å². The summed E-state index contributed by atoms with van der Waals surface area (Å²) >= 11 is 5.84. The molecule has 0 heterocycles. The number of amides is 1. The highest BCUT2D eigenvalue weighted by molar-refractivity contribution is 6.30. The van der Waals surface area contributed by atoms with Crippen LogP contribution in [0.1, 0.15) is 24.2 Å². The minimum Gasteiger partial charge on any atom is -0.493 e. The summed E-state index contributed by atoms with van der Waals surface area (Å²) in [7, 11) is 3.29. The summed E-state index contributed by atoms with van der Waals surface area (Å²) in [6.45, 7) is 4.71. The van der Waals surface area contributed by atoms with E-state index < -0.39 is 0 Å². The van der Waals surface area contributed by atoms with Gasteiger partial charge >= 0.3 is 0 Å². The number of rotatable bonds is 8. The van der Waals surface area contributed by atoms with Crippen LogP contribution in [0.3, 0.4) is 0 Å². The number of hydrogen-bond acceptors (Lipinski definition) is 4. The molecule has 6 heteroatoms. The number of ether oxygens (including phenoxy) is 3. The number of likely N-dealkylation sites (N-methyl/N-ethyl adjacent to an activating group) is 1. The molecule has 0 bridgehead atoms. The fourth-order valence-corrected chi connectivity index (χ4v) is 2.43. The molecule has 5 nitrogen and oxygen atoms in total. The molecule has 0 aliphatic carbocycles. The second-order valence-electron chi connectivity index (χ2n) is 6.06.